The Morgan fingerprint density at radius 1 is 0.815 bits per heavy atom. The average Bonchev–Trinajstić information content (AvgIpc) is 2.49. The third kappa shape index (κ3) is 7.76. The molecule has 1 aliphatic heterocycles. The summed E-state index contributed by atoms with van der Waals surface area (Å²) in [4.78, 5) is 46.0. The van der Waals surface area contributed by atoms with E-state index in [4.69, 9.17) is 23.7 Å². The Hall–Kier alpha value is -1.81. The molecule has 1 fully saturated rings. The lowest BCUT2D eigenvalue weighted by atomic mass is 9.99. The molecule has 0 spiro atoms. The number of thioether (sulfide) groups is 1. The molecular weight excluding hydrogens is 380 g/mol. The van der Waals surface area contributed by atoms with E-state index in [1.807, 2.05) is 13.8 Å². The molecule has 1 rings (SSSR count). The van der Waals surface area contributed by atoms with Crippen molar-refractivity contribution in [3.63, 3.8) is 0 Å². The van der Waals surface area contributed by atoms with Gasteiger partial charge in [0.15, 0.2) is 18.3 Å². The van der Waals surface area contributed by atoms with Gasteiger partial charge in [-0.3, -0.25) is 19.2 Å². The molecule has 5 atom stereocenters. The maximum atomic E-state index is 11.6. The monoisotopic (exact) mass is 406 g/mol. The van der Waals surface area contributed by atoms with Crippen LogP contribution in [0.2, 0.25) is 0 Å². The molecular formula is C17H26O9S. The van der Waals surface area contributed by atoms with Gasteiger partial charge in [-0.1, -0.05) is 13.8 Å². The highest BCUT2D eigenvalue weighted by Gasteiger charge is 2.52. The van der Waals surface area contributed by atoms with Gasteiger partial charge < -0.3 is 23.7 Å². The minimum atomic E-state index is -1.11. The van der Waals surface area contributed by atoms with E-state index in [-0.39, 0.29) is 11.9 Å². The Labute approximate surface area is 162 Å². The molecule has 0 saturated carbocycles. The van der Waals surface area contributed by atoms with Gasteiger partial charge in [-0.05, 0) is 0 Å². The number of esters is 4. The van der Waals surface area contributed by atoms with Crippen molar-refractivity contribution in [1.82, 2.24) is 0 Å². The van der Waals surface area contributed by atoms with Gasteiger partial charge in [0.05, 0.1) is 0 Å². The molecule has 1 heterocycles. The summed E-state index contributed by atoms with van der Waals surface area (Å²) in [6.45, 7) is 8.44. The van der Waals surface area contributed by atoms with Crippen LogP contribution in [0.25, 0.3) is 0 Å². The van der Waals surface area contributed by atoms with Gasteiger partial charge in [0, 0.05) is 32.9 Å². The van der Waals surface area contributed by atoms with Crippen molar-refractivity contribution in [2.24, 2.45) is 0 Å². The van der Waals surface area contributed by atoms with Crippen molar-refractivity contribution >= 4 is 35.6 Å². The van der Waals surface area contributed by atoms with Crippen molar-refractivity contribution in [2.75, 3.05) is 6.61 Å². The Bertz CT molecular complexity index is 563. The van der Waals surface area contributed by atoms with E-state index in [0.29, 0.717) is 0 Å². The summed E-state index contributed by atoms with van der Waals surface area (Å²) in [5.74, 6) is -2.43. The number of carbonyl (C=O) groups is 4. The first kappa shape index (κ1) is 23.2. The Morgan fingerprint density at radius 2 is 1.30 bits per heavy atom. The van der Waals surface area contributed by atoms with Crippen LogP contribution < -0.4 is 0 Å². The Kier molecular flexibility index (Phi) is 9.04. The van der Waals surface area contributed by atoms with Crippen molar-refractivity contribution in [3.8, 4) is 0 Å². The van der Waals surface area contributed by atoms with E-state index in [1.165, 1.54) is 39.5 Å². The molecule has 0 aromatic heterocycles. The second kappa shape index (κ2) is 10.5. The second-order valence-corrected chi connectivity index (χ2v) is 7.93. The molecule has 0 aliphatic carbocycles. The van der Waals surface area contributed by atoms with Crippen LogP contribution in [-0.2, 0) is 42.9 Å². The van der Waals surface area contributed by atoms with Crippen LogP contribution in [0, 0.1) is 0 Å². The largest absolute Gasteiger partial charge is 0.463 e. The lowest BCUT2D eigenvalue weighted by molar-refractivity contribution is -0.237. The Balaban J connectivity index is 3.27. The fourth-order valence-electron chi connectivity index (χ4n) is 2.57. The molecule has 0 amide bonds. The number of hydrogen-bond acceptors (Lipinski definition) is 10. The molecule has 154 valence electrons. The van der Waals surface area contributed by atoms with Crippen LogP contribution in [0.3, 0.4) is 0 Å². The normalized spacial score (nSPS) is 27.6. The standard InChI is InChI=1S/C17H26O9S/c1-8(2)27-17-16(25-12(6)21)15(24-11(5)20)14(23-10(4)19)13(26-17)7-22-9(3)18/h8,13-17H,7H2,1-6H3/t13-,14-,15+,16-,17+/m1/s1. The first-order chi connectivity index (χ1) is 12.5. The zero-order valence-corrected chi connectivity index (χ0v) is 17.1. The van der Waals surface area contributed by atoms with Gasteiger partial charge in [-0.15, -0.1) is 11.8 Å². The highest BCUT2D eigenvalue weighted by atomic mass is 32.2. The fraction of sp³-hybridized carbons (Fsp3) is 0.765. The quantitative estimate of drug-likeness (QED) is 0.451. The molecule has 0 bridgehead atoms. The summed E-state index contributed by atoms with van der Waals surface area (Å²) in [7, 11) is 0. The van der Waals surface area contributed by atoms with Crippen LogP contribution in [0.15, 0.2) is 0 Å². The summed E-state index contributed by atoms with van der Waals surface area (Å²) in [6, 6.07) is 0. The number of rotatable bonds is 7. The van der Waals surface area contributed by atoms with Crippen molar-refractivity contribution in [2.45, 2.75) is 76.6 Å². The molecule has 10 heteroatoms. The molecule has 9 nitrogen and oxygen atoms in total. The molecule has 0 N–H and O–H groups in total. The number of hydrogen-bond donors (Lipinski definition) is 0. The average molecular weight is 406 g/mol. The smallest absolute Gasteiger partial charge is 0.303 e. The van der Waals surface area contributed by atoms with E-state index < -0.39 is 53.7 Å². The van der Waals surface area contributed by atoms with Gasteiger partial charge >= 0.3 is 23.9 Å². The first-order valence-corrected chi connectivity index (χ1v) is 9.41. The number of carbonyl (C=O) groups excluding carboxylic acids is 4. The van der Waals surface area contributed by atoms with Crippen molar-refractivity contribution < 1.29 is 42.9 Å². The molecule has 27 heavy (non-hydrogen) atoms. The Morgan fingerprint density at radius 3 is 1.74 bits per heavy atom. The van der Waals surface area contributed by atoms with Crippen LogP contribution in [0.4, 0.5) is 0 Å². The predicted octanol–water partition coefficient (Wildman–Crippen LogP) is 1.21. The maximum Gasteiger partial charge on any atom is 0.303 e. The summed E-state index contributed by atoms with van der Waals surface area (Å²) in [5.41, 5.74) is -0.717. The van der Waals surface area contributed by atoms with Crippen molar-refractivity contribution in [1.29, 1.82) is 0 Å². The molecule has 0 radical (unpaired) electrons. The van der Waals surface area contributed by atoms with Crippen LogP contribution in [0.1, 0.15) is 41.5 Å². The number of ether oxygens (including phenoxy) is 5. The van der Waals surface area contributed by atoms with Gasteiger partial charge in [0.1, 0.15) is 18.1 Å². The highest BCUT2D eigenvalue weighted by Crippen LogP contribution is 2.35. The minimum absolute atomic E-state index is 0.0886. The lowest BCUT2D eigenvalue weighted by Crippen LogP contribution is -2.61. The van der Waals surface area contributed by atoms with Gasteiger partial charge in [0.25, 0.3) is 0 Å². The summed E-state index contributed by atoms with van der Waals surface area (Å²) in [6.07, 6.45) is -4.12. The topological polar surface area (TPSA) is 114 Å². The molecule has 1 saturated heterocycles. The molecule has 0 unspecified atom stereocenters. The van der Waals surface area contributed by atoms with Gasteiger partial charge in [-0.2, -0.15) is 0 Å². The van der Waals surface area contributed by atoms with Crippen LogP contribution >= 0.6 is 11.8 Å². The van der Waals surface area contributed by atoms with Crippen LogP contribution in [0.5, 0.6) is 0 Å². The highest BCUT2D eigenvalue weighted by molar-refractivity contribution is 8.00. The van der Waals surface area contributed by atoms with E-state index >= 15 is 0 Å². The third-order valence-electron chi connectivity index (χ3n) is 3.35. The SMILES string of the molecule is CC(=O)OC[C@H]1O[C@@H](SC(C)C)[C@H](OC(C)=O)[C@@H](OC(C)=O)[C@@H]1OC(C)=O. The molecule has 0 aromatic carbocycles. The van der Waals surface area contributed by atoms with Gasteiger partial charge in [-0.25, -0.2) is 0 Å². The third-order valence-corrected chi connectivity index (χ3v) is 4.55. The van der Waals surface area contributed by atoms with E-state index in [1.54, 1.807) is 0 Å². The van der Waals surface area contributed by atoms with E-state index in [9.17, 15) is 19.2 Å². The maximum absolute atomic E-state index is 11.6. The summed E-state index contributed by atoms with van der Waals surface area (Å²) < 4.78 is 26.9. The zero-order chi connectivity index (χ0) is 20.7. The zero-order valence-electron chi connectivity index (χ0n) is 16.3. The van der Waals surface area contributed by atoms with Gasteiger partial charge in [0.2, 0.25) is 0 Å². The molecule has 1 aliphatic rings. The fourth-order valence-corrected chi connectivity index (χ4v) is 3.68. The predicted molar refractivity (Wildman–Crippen MR) is 94.7 cm³/mol. The second-order valence-electron chi connectivity index (χ2n) is 6.25. The molecule has 0 aromatic rings. The summed E-state index contributed by atoms with van der Waals surface area (Å²) in [5, 5.41) is 0.0886. The minimum Gasteiger partial charge on any atom is -0.463 e. The van der Waals surface area contributed by atoms with Crippen LogP contribution in [-0.4, -0.2) is 65.6 Å². The first-order valence-electron chi connectivity index (χ1n) is 8.47. The lowest BCUT2D eigenvalue weighted by Gasteiger charge is -2.44. The summed E-state index contributed by atoms with van der Waals surface area (Å²) >= 11 is 1.34. The van der Waals surface area contributed by atoms with E-state index in [0.717, 1.165) is 0 Å². The van der Waals surface area contributed by atoms with Crippen molar-refractivity contribution in [3.05, 3.63) is 0 Å². The van der Waals surface area contributed by atoms with E-state index in [2.05, 4.69) is 0 Å².